The highest BCUT2D eigenvalue weighted by molar-refractivity contribution is 5.83. The van der Waals surface area contributed by atoms with E-state index in [2.05, 4.69) is 53.7 Å². The zero-order valence-corrected chi connectivity index (χ0v) is 14.1. The Balaban J connectivity index is 1.46. The van der Waals surface area contributed by atoms with Crippen LogP contribution >= 0.6 is 0 Å². The lowest BCUT2D eigenvalue weighted by Gasteiger charge is -2.09. The number of nitrogens with one attached hydrogen (secondary N) is 3. The fraction of sp³-hybridized carbons (Fsp3) is 0.250. The summed E-state index contributed by atoms with van der Waals surface area (Å²) in [4.78, 5) is 15.2. The predicted molar refractivity (Wildman–Crippen MR) is 99.4 cm³/mol. The number of benzene rings is 2. The monoisotopic (exact) mass is 321 g/mol. The molecule has 0 saturated heterocycles. The van der Waals surface area contributed by atoms with Crippen molar-refractivity contribution in [2.45, 2.75) is 20.3 Å². The van der Waals surface area contributed by atoms with E-state index in [1.54, 1.807) is 0 Å². The number of amides is 1. The number of fused-ring (bicyclic) bond motifs is 1. The van der Waals surface area contributed by atoms with Gasteiger partial charge >= 0.3 is 0 Å². The third kappa shape index (κ3) is 3.77. The number of rotatable bonds is 6. The van der Waals surface area contributed by atoms with Crippen molar-refractivity contribution in [3.8, 4) is 0 Å². The molecule has 0 fully saturated rings. The van der Waals surface area contributed by atoms with Gasteiger partial charge in [0.2, 0.25) is 5.91 Å². The van der Waals surface area contributed by atoms with Crippen molar-refractivity contribution in [3.05, 3.63) is 65.4 Å². The molecule has 0 aliphatic heterocycles. The molecule has 0 spiro atoms. The molecule has 0 aliphatic carbocycles. The number of aromatic amines is 1. The van der Waals surface area contributed by atoms with Crippen molar-refractivity contribution in [1.29, 1.82) is 0 Å². The van der Waals surface area contributed by atoms with Crippen LogP contribution in [0.15, 0.2) is 48.7 Å². The van der Waals surface area contributed by atoms with E-state index in [1.807, 2.05) is 24.4 Å². The minimum Gasteiger partial charge on any atom is -0.376 e. The van der Waals surface area contributed by atoms with Gasteiger partial charge in [-0.1, -0.05) is 24.3 Å². The van der Waals surface area contributed by atoms with E-state index in [0.717, 1.165) is 17.6 Å². The zero-order valence-electron chi connectivity index (χ0n) is 14.1. The molecule has 3 N–H and O–H groups in total. The van der Waals surface area contributed by atoms with Gasteiger partial charge in [-0.15, -0.1) is 0 Å². The maximum atomic E-state index is 12.0. The molecule has 1 heterocycles. The SMILES string of the molecule is Cc1ccc(NCC(=O)NCCc2c[nH]c3ccccc23)cc1C. The molecule has 0 unspecified atom stereocenters. The van der Waals surface area contributed by atoms with Crippen molar-refractivity contribution in [3.63, 3.8) is 0 Å². The van der Waals surface area contributed by atoms with Gasteiger partial charge in [0.05, 0.1) is 6.54 Å². The second-order valence-electron chi connectivity index (χ2n) is 6.11. The number of para-hydroxylation sites is 1. The molecule has 4 nitrogen and oxygen atoms in total. The van der Waals surface area contributed by atoms with Crippen LogP contribution in [0.1, 0.15) is 16.7 Å². The Bertz CT molecular complexity index is 851. The second kappa shape index (κ2) is 7.21. The molecule has 0 atom stereocenters. The molecule has 24 heavy (non-hydrogen) atoms. The Morgan fingerprint density at radius 3 is 2.75 bits per heavy atom. The van der Waals surface area contributed by atoms with Gasteiger partial charge in [0.1, 0.15) is 0 Å². The molecule has 1 aromatic heterocycles. The molecule has 4 heteroatoms. The summed E-state index contributed by atoms with van der Waals surface area (Å²) < 4.78 is 0. The quantitative estimate of drug-likeness (QED) is 0.650. The lowest BCUT2D eigenvalue weighted by molar-refractivity contribution is -0.119. The smallest absolute Gasteiger partial charge is 0.239 e. The van der Waals surface area contributed by atoms with Crippen LogP contribution in [-0.2, 0) is 11.2 Å². The molecular weight excluding hydrogens is 298 g/mol. The average Bonchev–Trinajstić information content (AvgIpc) is 2.99. The largest absolute Gasteiger partial charge is 0.376 e. The van der Waals surface area contributed by atoms with Gasteiger partial charge in [0, 0.05) is 29.3 Å². The Morgan fingerprint density at radius 1 is 1.08 bits per heavy atom. The van der Waals surface area contributed by atoms with Crippen molar-refractivity contribution in [2.24, 2.45) is 0 Å². The molecule has 3 rings (SSSR count). The lowest BCUT2D eigenvalue weighted by Crippen LogP contribution is -2.31. The first-order chi connectivity index (χ1) is 11.6. The number of hydrogen-bond donors (Lipinski definition) is 3. The summed E-state index contributed by atoms with van der Waals surface area (Å²) in [5.74, 6) is 0.00747. The summed E-state index contributed by atoms with van der Waals surface area (Å²) >= 11 is 0. The Morgan fingerprint density at radius 2 is 1.92 bits per heavy atom. The molecule has 3 aromatic rings. The van der Waals surface area contributed by atoms with E-state index < -0.39 is 0 Å². The first kappa shape index (κ1) is 16.1. The maximum Gasteiger partial charge on any atom is 0.239 e. The number of aryl methyl sites for hydroxylation is 2. The normalized spacial score (nSPS) is 10.8. The van der Waals surface area contributed by atoms with Gasteiger partial charge < -0.3 is 15.6 Å². The summed E-state index contributed by atoms with van der Waals surface area (Å²) in [7, 11) is 0. The summed E-state index contributed by atoms with van der Waals surface area (Å²) in [5.41, 5.74) is 5.82. The highest BCUT2D eigenvalue weighted by Gasteiger charge is 2.05. The first-order valence-corrected chi connectivity index (χ1v) is 8.26. The van der Waals surface area contributed by atoms with Crippen LogP contribution in [-0.4, -0.2) is 24.0 Å². The number of carbonyl (C=O) groups is 1. The topological polar surface area (TPSA) is 56.9 Å². The van der Waals surface area contributed by atoms with Gasteiger partial charge in [0.25, 0.3) is 0 Å². The fourth-order valence-electron chi connectivity index (χ4n) is 2.77. The van der Waals surface area contributed by atoms with Crippen molar-refractivity contribution < 1.29 is 4.79 Å². The Kier molecular flexibility index (Phi) is 4.85. The molecule has 0 bridgehead atoms. The zero-order chi connectivity index (χ0) is 16.9. The van der Waals surface area contributed by atoms with Gasteiger partial charge in [-0.2, -0.15) is 0 Å². The van der Waals surface area contributed by atoms with E-state index in [-0.39, 0.29) is 12.5 Å². The first-order valence-electron chi connectivity index (χ1n) is 8.26. The number of hydrogen-bond acceptors (Lipinski definition) is 2. The average molecular weight is 321 g/mol. The van der Waals surface area contributed by atoms with E-state index in [1.165, 1.54) is 22.1 Å². The third-order valence-electron chi connectivity index (χ3n) is 4.35. The molecule has 0 radical (unpaired) electrons. The van der Waals surface area contributed by atoms with E-state index in [4.69, 9.17) is 0 Å². The van der Waals surface area contributed by atoms with E-state index in [9.17, 15) is 4.79 Å². The van der Waals surface area contributed by atoms with Crippen LogP contribution < -0.4 is 10.6 Å². The number of H-pyrrole nitrogens is 1. The number of anilines is 1. The van der Waals surface area contributed by atoms with Gasteiger partial charge in [-0.05, 0) is 55.2 Å². The molecular formula is C20H23N3O. The van der Waals surface area contributed by atoms with E-state index in [0.29, 0.717) is 6.54 Å². The number of aromatic nitrogens is 1. The number of carbonyl (C=O) groups excluding carboxylic acids is 1. The minimum absolute atomic E-state index is 0.00747. The van der Waals surface area contributed by atoms with E-state index >= 15 is 0 Å². The van der Waals surface area contributed by atoms with Crippen LogP contribution in [0.25, 0.3) is 10.9 Å². The van der Waals surface area contributed by atoms with Gasteiger partial charge in [-0.3, -0.25) is 4.79 Å². The van der Waals surface area contributed by atoms with Crippen molar-refractivity contribution in [1.82, 2.24) is 10.3 Å². The van der Waals surface area contributed by atoms with Crippen molar-refractivity contribution in [2.75, 3.05) is 18.4 Å². The summed E-state index contributed by atoms with van der Waals surface area (Å²) in [5, 5.41) is 7.36. The van der Waals surface area contributed by atoms with Crippen LogP contribution in [0.3, 0.4) is 0 Å². The predicted octanol–water partition coefficient (Wildman–Crippen LogP) is 3.56. The van der Waals surface area contributed by atoms with Crippen molar-refractivity contribution >= 4 is 22.5 Å². The summed E-state index contributed by atoms with van der Waals surface area (Å²) in [6.07, 6.45) is 2.84. The maximum absolute atomic E-state index is 12.0. The Hall–Kier alpha value is -2.75. The highest BCUT2D eigenvalue weighted by Crippen LogP contribution is 2.17. The molecule has 0 aliphatic rings. The lowest BCUT2D eigenvalue weighted by atomic mass is 10.1. The second-order valence-corrected chi connectivity index (χ2v) is 6.11. The minimum atomic E-state index is 0.00747. The summed E-state index contributed by atoms with van der Waals surface area (Å²) in [6.45, 7) is 5.07. The van der Waals surface area contributed by atoms with Gasteiger partial charge in [-0.25, -0.2) is 0 Å². The van der Waals surface area contributed by atoms with Crippen LogP contribution in [0.4, 0.5) is 5.69 Å². The van der Waals surface area contributed by atoms with Gasteiger partial charge in [0.15, 0.2) is 0 Å². The Labute approximate surface area is 142 Å². The third-order valence-corrected chi connectivity index (χ3v) is 4.35. The standard InChI is InChI=1S/C20H23N3O/c1-14-7-8-17(11-15(14)2)22-13-20(24)21-10-9-16-12-23-19-6-4-3-5-18(16)19/h3-8,11-12,22-23H,9-10,13H2,1-2H3,(H,21,24). The van der Waals surface area contributed by atoms with Crippen LogP contribution in [0.2, 0.25) is 0 Å². The summed E-state index contributed by atoms with van der Waals surface area (Å²) in [6, 6.07) is 14.3. The molecule has 124 valence electrons. The molecule has 1 amide bonds. The molecule has 0 saturated carbocycles. The fourth-order valence-corrected chi connectivity index (χ4v) is 2.77. The molecule has 2 aromatic carbocycles. The van der Waals surface area contributed by atoms with Crippen LogP contribution in [0, 0.1) is 13.8 Å². The van der Waals surface area contributed by atoms with Crippen LogP contribution in [0.5, 0.6) is 0 Å². The highest BCUT2D eigenvalue weighted by atomic mass is 16.1.